The zero-order chi connectivity index (χ0) is 12.7. The van der Waals surface area contributed by atoms with Gasteiger partial charge in [-0.3, -0.25) is 4.79 Å². The zero-order valence-corrected chi connectivity index (χ0v) is 10.3. The van der Waals surface area contributed by atoms with Crippen LogP contribution < -0.4 is 0 Å². The van der Waals surface area contributed by atoms with Crippen LogP contribution in [0.15, 0.2) is 12.7 Å². The van der Waals surface area contributed by atoms with Gasteiger partial charge in [-0.25, -0.2) is 4.79 Å². The third kappa shape index (κ3) is 5.13. The molecule has 0 aromatic heterocycles. The summed E-state index contributed by atoms with van der Waals surface area (Å²) in [6.07, 6.45) is 4.99. The van der Waals surface area contributed by atoms with E-state index in [-0.39, 0.29) is 24.4 Å². The smallest absolute Gasteiger partial charge is 0.330 e. The molecule has 1 saturated carbocycles. The molecule has 1 fully saturated rings. The van der Waals surface area contributed by atoms with Gasteiger partial charge in [0.15, 0.2) is 0 Å². The molecule has 96 valence electrons. The number of carbonyl (C=O) groups is 2. The van der Waals surface area contributed by atoms with Crippen LogP contribution in [0.2, 0.25) is 0 Å². The van der Waals surface area contributed by atoms with E-state index < -0.39 is 5.97 Å². The van der Waals surface area contributed by atoms with Gasteiger partial charge in [-0.15, -0.1) is 0 Å². The van der Waals surface area contributed by atoms with E-state index in [4.69, 9.17) is 9.47 Å². The third-order valence-corrected chi connectivity index (χ3v) is 3.10. The van der Waals surface area contributed by atoms with E-state index >= 15 is 0 Å². The van der Waals surface area contributed by atoms with E-state index in [1.165, 1.54) is 0 Å². The van der Waals surface area contributed by atoms with E-state index in [0.717, 1.165) is 31.8 Å². The van der Waals surface area contributed by atoms with E-state index in [9.17, 15) is 9.59 Å². The summed E-state index contributed by atoms with van der Waals surface area (Å²) in [5.74, 6) is 0.0747. The number of esters is 1. The van der Waals surface area contributed by atoms with Crippen LogP contribution in [0, 0.1) is 5.92 Å². The topological polar surface area (TPSA) is 52.6 Å². The van der Waals surface area contributed by atoms with Crippen molar-refractivity contribution in [2.75, 3.05) is 13.2 Å². The summed E-state index contributed by atoms with van der Waals surface area (Å²) in [6.45, 7) is 5.63. The van der Waals surface area contributed by atoms with Crippen LogP contribution in [0.3, 0.4) is 0 Å². The second-order valence-electron chi connectivity index (χ2n) is 4.33. The molecule has 0 spiro atoms. The lowest BCUT2D eigenvalue weighted by atomic mass is 9.85. The van der Waals surface area contributed by atoms with Crippen molar-refractivity contribution in [2.24, 2.45) is 5.92 Å². The fourth-order valence-corrected chi connectivity index (χ4v) is 2.05. The predicted octanol–water partition coefficient (Wildman–Crippen LogP) is 1.88. The number of hydrogen-bond donors (Lipinski definition) is 0. The van der Waals surface area contributed by atoms with Crippen LogP contribution in [0.1, 0.15) is 32.6 Å². The molecule has 0 aromatic carbocycles. The Morgan fingerprint density at radius 2 is 1.88 bits per heavy atom. The normalized spacial score (nSPS) is 24.1. The van der Waals surface area contributed by atoms with Crippen LogP contribution in [0.4, 0.5) is 0 Å². The van der Waals surface area contributed by atoms with Crippen LogP contribution in [-0.2, 0) is 19.1 Å². The molecule has 0 amide bonds. The predicted molar refractivity (Wildman–Crippen MR) is 63.5 cm³/mol. The molecule has 0 aliphatic heterocycles. The maximum absolute atomic E-state index is 11.2. The first-order valence-electron chi connectivity index (χ1n) is 6.04. The summed E-state index contributed by atoms with van der Waals surface area (Å²) < 4.78 is 10.4. The number of rotatable bonds is 6. The van der Waals surface area contributed by atoms with Gasteiger partial charge in [0.05, 0.1) is 12.7 Å². The molecule has 0 radical (unpaired) electrons. The first-order chi connectivity index (χ1) is 8.13. The standard InChI is InChI=1S/C13H20O4/c1-3-13(15)17-9-8-16-12-6-4-11(5-7-12)10(2)14/h3,11-12H,1,4-9H2,2H3. The fourth-order valence-electron chi connectivity index (χ4n) is 2.05. The number of ether oxygens (including phenoxy) is 2. The molecule has 17 heavy (non-hydrogen) atoms. The average Bonchev–Trinajstić information content (AvgIpc) is 2.34. The van der Waals surface area contributed by atoms with Gasteiger partial charge in [-0.2, -0.15) is 0 Å². The minimum atomic E-state index is -0.422. The number of hydrogen-bond acceptors (Lipinski definition) is 4. The molecule has 0 N–H and O–H groups in total. The molecule has 1 aliphatic rings. The van der Waals surface area contributed by atoms with Crippen molar-refractivity contribution in [3.63, 3.8) is 0 Å². The molecule has 4 nitrogen and oxygen atoms in total. The Hall–Kier alpha value is -1.16. The molecule has 1 aliphatic carbocycles. The summed E-state index contributed by atoms with van der Waals surface area (Å²) in [7, 11) is 0. The highest BCUT2D eigenvalue weighted by atomic mass is 16.6. The first kappa shape index (κ1) is 13.9. The van der Waals surface area contributed by atoms with Crippen molar-refractivity contribution >= 4 is 11.8 Å². The second kappa shape index (κ2) is 7.22. The summed E-state index contributed by atoms with van der Waals surface area (Å²) in [6, 6.07) is 0. The summed E-state index contributed by atoms with van der Waals surface area (Å²) in [5, 5.41) is 0. The van der Waals surface area contributed by atoms with E-state index in [2.05, 4.69) is 6.58 Å². The fraction of sp³-hybridized carbons (Fsp3) is 0.692. The number of Topliss-reactive ketones (excluding diaryl/α,β-unsaturated/α-hetero) is 1. The quantitative estimate of drug-likeness (QED) is 0.404. The Morgan fingerprint density at radius 3 is 2.41 bits per heavy atom. The van der Waals surface area contributed by atoms with Crippen molar-refractivity contribution in [3.05, 3.63) is 12.7 Å². The Bertz CT molecular complexity index is 277. The average molecular weight is 240 g/mol. The third-order valence-electron chi connectivity index (χ3n) is 3.10. The van der Waals surface area contributed by atoms with Crippen LogP contribution in [0.25, 0.3) is 0 Å². The van der Waals surface area contributed by atoms with Gasteiger partial charge >= 0.3 is 5.97 Å². The van der Waals surface area contributed by atoms with Gasteiger partial charge in [0.2, 0.25) is 0 Å². The zero-order valence-electron chi connectivity index (χ0n) is 10.3. The molecule has 0 bridgehead atoms. The Labute approximate surface area is 102 Å². The lowest BCUT2D eigenvalue weighted by Gasteiger charge is -2.26. The lowest BCUT2D eigenvalue weighted by molar-refractivity contribution is -0.140. The number of carbonyl (C=O) groups excluding carboxylic acids is 2. The van der Waals surface area contributed by atoms with Gasteiger partial charge in [-0.1, -0.05) is 6.58 Å². The van der Waals surface area contributed by atoms with Crippen LogP contribution in [-0.4, -0.2) is 31.1 Å². The molecule has 4 heteroatoms. The highest BCUT2D eigenvalue weighted by molar-refractivity contribution is 5.81. The first-order valence-corrected chi connectivity index (χ1v) is 6.04. The van der Waals surface area contributed by atoms with Crippen molar-refractivity contribution in [1.82, 2.24) is 0 Å². The molecule has 0 unspecified atom stereocenters. The molecule has 1 rings (SSSR count). The summed E-state index contributed by atoms with van der Waals surface area (Å²) in [5.41, 5.74) is 0. The van der Waals surface area contributed by atoms with Crippen molar-refractivity contribution in [2.45, 2.75) is 38.7 Å². The Balaban J connectivity index is 2.08. The molecule has 0 saturated heterocycles. The van der Waals surface area contributed by atoms with Crippen LogP contribution >= 0.6 is 0 Å². The highest BCUT2D eigenvalue weighted by Crippen LogP contribution is 2.26. The van der Waals surface area contributed by atoms with Crippen LogP contribution in [0.5, 0.6) is 0 Å². The minimum absolute atomic E-state index is 0.202. The lowest BCUT2D eigenvalue weighted by Crippen LogP contribution is -2.26. The van der Waals surface area contributed by atoms with E-state index in [1.807, 2.05) is 0 Å². The second-order valence-corrected chi connectivity index (χ2v) is 4.33. The van der Waals surface area contributed by atoms with Gasteiger partial charge in [0, 0.05) is 12.0 Å². The molecular weight excluding hydrogens is 220 g/mol. The largest absolute Gasteiger partial charge is 0.460 e. The highest BCUT2D eigenvalue weighted by Gasteiger charge is 2.24. The van der Waals surface area contributed by atoms with Gasteiger partial charge in [0.1, 0.15) is 12.4 Å². The number of ketones is 1. The minimum Gasteiger partial charge on any atom is -0.460 e. The van der Waals surface area contributed by atoms with Crippen molar-refractivity contribution in [3.8, 4) is 0 Å². The van der Waals surface area contributed by atoms with Gasteiger partial charge in [0.25, 0.3) is 0 Å². The van der Waals surface area contributed by atoms with Gasteiger partial charge in [-0.05, 0) is 32.6 Å². The maximum atomic E-state index is 11.2. The van der Waals surface area contributed by atoms with Crippen molar-refractivity contribution < 1.29 is 19.1 Å². The summed E-state index contributed by atoms with van der Waals surface area (Å²) >= 11 is 0. The van der Waals surface area contributed by atoms with Crippen molar-refractivity contribution in [1.29, 1.82) is 0 Å². The van der Waals surface area contributed by atoms with E-state index in [1.54, 1.807) is 6.92 Å². The van der Waals surface area contributed by atoms with Gasteiger partial charge < -0.3 is 9.47 Å². The maximum Gasteiger partial charge on any atom is 0.330 e. The van der Waals surface area contributed by atoms with E-state index in [0.29, 0.717) is 6.61 Å². The molecular formula is C13H20O4. The molecule has 0 atom stereocenters. The monoisotopic (exact) mass is 240 g/mol. The molecule has 0 heterocycles. The Morgan fingerprint density at radius 1 is 1.24 bits per heavy atom. The summed E-state index contributed by atoms with van der Waals surface area (Å²) in [4.78, 5) is 21.9. The molecule has 0 aromatic rings. The Kier molecular flexibility index (Phi) is 5.91. The SMILES string of the molecule is C=CC(=O)OCCOC1CCC(C(C)=O)CC1.